The molecule has 10 nitrogen and oxygen atoms in total. The number of carbonyl (C=O) groups is 2. The first-order valence-electron chi connectivity index (χ1n) is 8.74. The number of imidazole rings is 1. The summed E-state index contributed by atoms with van der Waals surface area (Å²) in [6.07, 6.45) is 0. The first-order chi connectivity index (χ1) is 13.8. The van der Waals surface area contributed by atoms with Gasteiger partial charge in [0, 0.05) is 6.07 Å². The number of hydrogen-bond acceptors (Lipinski definition) is 7. The number of nitrogens with zero attached hydrogens (tertiary/aromatic N) is 4. The lowest BCUT2D eigenvalue weighted by atomic mass is 10.2. The molecule has 30 heavy (non-hydrogen) atoms. The van der Waals surface area contributed by atoms with Crippen LogP contribution in [0.1, 0.15) is 33.6 Å². The molecule has 3 aromatic rings. The summed E-state index contributed by atoms with van der Waals surface area (Å²) in [7, 11) is 3.19. The number of hydrogen-bond donors (Lipinski definition) is 3. The van der Waals surface area contributed by atoms with E-state index in [-0.39, 0.29) is 53.0 Å². The number of aromatic nitrogens is 4. The van der Waals surface area contributed by atoms with Gasteiger partial charge in [-0.15, -0.1) is 0 Å². The number of carbonyl (C=O) groups excluding carboxylic acids is 2. The number of benzene rings is 1. The molecule has 0 bridgehead atoms. The maximum atomic E-state index is 12.5. The highest BCUT2D eigenvalue weighted by Crippen LogP contribution is 2.18. The molecule has 0 aliphatic heterocycles. The minimum atomic E-state index is -0.528. The normalized spacial score (nSPS) is 10.5. The quantitative estimate of drug-likeness (QED) is 0.188. The van der Waals surface area contributed by atoms with E-state index in [1.807, 2.05) is 29.2 Å². The minimum absolute atomic E-state index is 0. The van der Waals surface area contributed by atoms with E-state index >= 15 is 0 Å². The molecule has 0 saturated heterocycles. The standard InChI is InChI=1S/C18H20ClN7O3.HI/c1-4-26-10-6-5-9(18(28)29-3)7-11(10)25(2)12(26)8-22-17(27)13-15(20)24-16(21)14(19)23-13;/h5-7H,4,8H2,1-3H3,(H4-,20,21,22,24,27);1H. The van der Waals surface area contributed by atoms with E-state index in [1.165, 1.54) is 7.11 Å². The van der Waals surface area contributed by atoms with Crippen LogP contribution >= 0.6 is 11.6 Å². The fraction of sp³-hybridized carbons (Fsp3) is 0.278. The molecule has 0 aliphatic carbocycles. The van der Waals surface area contributed by atoms with Crippen LogP contribution in [-0.4, -0.2) is 33.5 Å². The number of ether oxygens (including phenoxy) is 1. The van der Waals surface area contributed by atoms with Crippen LogP contribution in [0.15, 0.2) is 18.2 Å². The number of anilines is 2. The van der Waals surface area contributed by atoms with Crippen molar-refractivity contribution in [3.8, 4) is 0 Å². The third-order valence-corrected chi connectivity index (χ3v) is 4.87. The number of nitrogens with one attached hydrogen (secondary N) is 1. The van der Waals surface area contributed by atoms with Crippen molar-refractivity contribution in [1.82, 2.24) is 19.9 Å². The topological polar surface area (TPSA) is 142 Å². The Balaban J connectivity index is 0.00000320. The zero-order valence-corrected chi connectivity index (χ0v) is 19.5. The molecule has 2 heterocycles. The Kier molecular flexibility index (Phi) is 7.42. The fourth-order valence-corrected chi connectivity index (χ4v) is 3.27. The second-order valence-corrected chi connectivity index (χ2v) is 6.59. The van der Waals surface area contributed by atoms with E-state index in [9.17, 15) is 9.59 Å². The van der Waals surface area contributed by atoms with Gasteiger partial charge < -0.3 is 45.5 Å². The number of aryl methyl sites for hydroxylation is 2. The Morgan fingerprint density at radius 2 is 1.97 bits per heavy atom. The van der Waals surface area contributed by atoms with Gasteiger partial charge >= 0.3 is 5.97 Å². The van der Waals surface area contributed by atoms with Gasteiger partial charge in [0.15, 0.2) is 33.5 Å². The second-order valence-electron chi connectivity index (χ2n) is 6.23. The van der Waals surface area contributed by atoms with Gasteiger partial charge in [0.1, 0.15) is 6.54 Å². The van der Waals surface area contributed by atoms with Crippen LogP contribution in [0.25, 0.3) is 11.0 Å². The molecular formula is C18H21ClIN7O3. The Morgan fingerprint density at radius 3 is 2.60 bits per heavy atom. The molecular weight excluding hydrogens is 525 g/mol. The van der Waals surface area contributed by atoms with Crippen LogP contribution in [0.5, 0.6) is 0 Å². The summed E-state index contributed by atoms with van der Waals surface area (Å²) in [5.74, 6) is -0.279. The van der Waals surface area contributed by atoms with Gasteiger partial charge in [-0.3, -0.25) is 4.79 Å². The highest BCUT2D eigenvalue weighted by molar-refractivity contribution is 6.31. The Bertz CT molecular complexity index is 1130. The lowest BCUT2D eigenvalue weighted by Crippen LogP contribution is -3.00. The number of fused-ring (bicyclic) bond motifs is 1. The van der Waals surface area contributed by atoms with Crippen molar-refractivity contribution >= 4 is 46.1 Å². The van der Waals surface area contributed by atoms with Gasteiger partial charge in [0.2, 0.25) is 0 Å². The van der Waals surface area contributed by atoms with Crippen LogP contribution < -0.4 is 45.3 Å². The van der Waals surface area contributed by atoms with E-state index < -0.39 is 11.9 Å². The summed E-state index contributed by atoms with van der Waals surface area (Å²) in [6, 6.07) is 5.30. The predicted octanol–water partition coefficient (Wildman–Crippen LogP) is -2.19. The monoisotopic (exact) mass is 545 g/mol. The zero-order valence-electron chi connectivity index (χ0n) is 16.6. The van der Waals surface area contributed by atoms with Gasteiger partial charge in [-0.1, -0.05) is 11.6 Å². The lowest BCUT2D eigenvalue weighted by molar-refractivity contribution is -0.676. The molecule has 0 aliphatic rings. The van der Waals surface area contributed by atoms with Gasteiger partial charge in [-0.05, 0) is 19.1 Å². The number of rotatable bonds is 5. The number of halogens is 2. The van der Waals surface area contributed by atoms with Gasteiger partial charge in [-0.2, -0.15) is 0 Å². The SMILES string of the molecule is CC[n+]1c(CNC(=O)c2nc(Cl)c(N)nc2N)n(C)c2cc(C(=O)OC)ccc21.[I-]. The average Bonchev–Trinajstić information content (AvgIpc) is 2.98. The summed E-state index contributed by atoms with van der Waals surface area (Å²) < 4.78 is 8.72. The van der Waals surface area contributed by atoms with Gasteiger partial charge in [0.25, 0.3) is 11.7 Å². The first-order valence-corrected chi connectivity index (χ1v) is 9.12. The predicted molar refractivity (Wildman–Crippen MR) is 107 cm³/mol. The van der Waals surface area contributed by atoms with Crippen molar-refractivity contribution in [1.29, 1.82) is 0 Å². The number of nitrogen functional groups attached to an aromatic ring is 2. The molecule has 0 fully saturated rings. The van der Waals surface area contributed by atoms with Crippen molar-refractivity contribution in [2.24, 2.45) is 7.05 Å². The molecule has 0 atom stereocenters. The van der Waals surface area contributed by atoms with Crippen molar-refractivity contribution < 1.29 is 42.9 Å². The Labute approximate surface area is 194 Å². The number of esters is 1. The molecule has 1 amide bonds. The number of amides is 1. The maximum Gasteiger partial charge on any atom is 0.338 e. The summed E-state index contributed by atoms with van der Waals surface area (Å²) >= 11 is 5.85. The number of methoxy groups -OCH3 is 1. The van der Waals surface area contributed by atoms with Gasteiger partial charge in [-0.25, -0.2) is 23.9 Å². The smallest absolute Gasteiger partial charge is 0.338 e. The molecule has 160 valence electrons. The van der Waals surface area contributed by atoms with E-state index in [2.05, 4.69) is 15.3 Å². The molecule has 1 aromatic carbocycles. The molecule has 3 rings (SSSR count). The maximum absolute atomic E-state index is 12.5. The summed E-state index contributed by atoms with van der Waals surface area (Å²) in [6.45, 7) is 2.84. The van der Waals surface area contributed by atoms with Crippen LogP contribution in [-0.2, 0) is 24.9 Å². The van der Waals surface area contributed by atoms with Crippen LogP contribution in [0, 0.1) is 0 Å². The van der Waals surface area contributed by atoms with E-state index in [0.717, 1.165) is 16.9 Å². The minimum Gasteiger partial charge on any atom is -1.00 e. The van der Waals surface area contributed by atoms with Crippen LogP contribution in [0.2, 0.25) is 5.15 Å². The highest BCUT2D eigenvalue weighted by atomic mass is 127. The zero-order chi connectivity index (χ0) is 21.3. The van der Waals surface area contributed by atoms with E-state index in [0.29, 0.717) is 12.1 Å². The van der Waals surface area contributed by atoms with Crippen LogP contribution in [0.3, 0.4) is 0 Å². The number of nitrogens with two attached hydrogens (primary N) is 2. The largest absolute Gasteiger partial charge is 1.00 e. The average molecular weight is 546 g/mol. The molecule has 0 spiro atoms. The Morgan fingerprint density at radius 1 is 1.27 bits per heavy atom. The highest BCUT2D eigenvalue weighted by Gasteiger charge is 2.24. The van der Waals surface area contributed by atoms with Gasteiger partial charge in [0.05, 0.1) is 26.3 Å². The Hall–Kier alpha value is -2.67. The van der Waals surface area contributed by atoms with Crippen molar-refractivity contribution in [2.75, 3.05) is 18.6 Å². The molecule has 5 N–H and O–H groups in total. The molecule has 0 saturated carbocycles. The van der Waals surface area contributed by atoms with Crippen molar-refractivity contribution in [3.05, 3.63) is 40.4 Å². The molecule has 12 heteroatoms. The summed E-state index contributed by atoms with van der Waals surface area (Å²) in [4.78, 5) is 32.1. The van der Waals surface area contributed by atoms with E-state index in [1.54, 1.807) is 12.1 Å². The first kappa shape index (κ1) is 23.6. The molecule has 0 radical (unpaired) electrons. The van der Waals surface area contributed by atoms with E-state index in [4.69, 9.17) is 27.8 Å². The lowest BCUT2D eigenvalue weighted by Gasteiger charge is -2.07. The fourth-order valence-electron chi connectivity index (χ4n) is 3.14. The third kappa shape index (κ3) is 4.26. The van der Waals surface area contributed by atoms with Crippen molar-refractivity contribution in [3.63, 3.8) is 0 Å². The molecule has 0 unspecified atom stereocenters. The summed E-state index contributed by atoms with van der Waals surface area (Å²) in [5.41, 5.74) is 13.4. The third-order valence-electron chi connectivity index (χ3n) is 4.59. The van der Waals surface area contributed by atoms with Crippen molar-refractivity contribution in [2.45, 2.75) is 20.0 Å². The second kappa shape index (κ2) is 9.43. The molecule has 2 aromatic heterocycles. The summed E-state index contributed by atoms with van der Waals surface area (Å²) in [5, 5.41) is 2.68. The van der Waals surface area contributed by atoms with Crippen LogP contribution in [0.4, 0.5) is 11.6 Å².